The minimum atomic E-state index is -3.30. The predicted octanol–water partition coefficient (Wildman–Crippen LogP) is 4.85. The van der Waals surface area contributed by atoms with Gasteiger partial charge in [-0.05, 0) is 49.4 Å². The van der Waals surface area contributed by atoms with Gasteiger partial charge in [-0.2, -0.15) is 0 Å². The molecule has 4 rings (SSSR count). The lowest BCUT2D eigenvalue weighted by Gasteiger charge is -2.45. The number of benzene rings is 2. The fourth-order valence-electron chi connectivity index (χ4n) is 6.04. The van der Waals surface area contributed by atoms with E-state index in [0.29, 0.717) is 19.5 Å². The molecule has 2 aromatic carbocycles. The van der Waals surface area contributed by atoms with E-state index in [1.165, 1.54) is 17.0 Å². The van der Waals surface area contributed by atoms with Crippen LogP contribution in [0.15, 0.2) is 59.5 Å². The molecule has 2 aliphatic rings. The molecule has 1 saturated heterocycles. The Hall–Kier alpha value is -3.05. The Labute approximate surface area is 240 Å². The first kappa shape index (κ1) is 30.9. The minimum absolute atomic E-state index is 0.00315. The topological polar surface area (TPSA) is 98.2 Å². The van der Waals surface area contributed by atoms with Crippen molar-refractivity contribution in [3.63, 3.8) is 0 Å². The third-order valence-electron chi connectivity index (χ3n) is 8.29. The number of hydrogen-bond donors (Lipinski definition) is 1. The zero-order valence-electron chi connectivity index (χ0n) is 23.6. The molecule has 8 nitrogen and oxygen atoms in total. The number of sulfone groups is 1. The monoisotopic (exact) mass is 591 g/mol. The van der Waals surface area contributed by atoms with E-state index in [9.17, 15) is 31.9 Å². The Bertz CT molecular complexity index is 1290. The summed E-state index contributed by atoms with van der Waals surface area (Å²) in [7, 11) is -3.30. The second-order valence-corrected chi connectivity index (χ2v) is 13.2. The number of rotatable bonds is 11. The highest BCUT2D eigenvalue weighted by atomic mass is 32.2. The zero-order chi connectivity index (χ0) is 29.8. The molecule has 0 aromatic heterocycles. The van der Waals surface area contributed by atoms with Gasteiger partial charge in [0.1, 0.15) is 0 Å². The molecule has 0 spiro atoms. The lowest BCUT2D eigenvalue weighted by molar-refractivity contribution is -0.133. The molecule has 11 heteroatoms. The molecule has 0 bridgehead atoms. The van der Waals surface area contributed by atoms with Gasteiger partial charge in [-0.1, -0.05) is 42.5 Å². The molecule has 1 aliphatic heterocycles. The number of piperidine rings is 1. The largest absolute Gasteiger partial charge is 0.465 e. The molecule has 2 aromatic rings. The third kappa shape index (κ3) is 7.82. The first-order chi connectivity index (χ1) is 19.4. The highest BCUT2D eigenvalue weighted by Gasteiger charge is 2.51. The van der Waals surface area contributed by atoms with Crippen molar-refractivity contribution in [2.45, 2.75) is 74.4 Å². The lowest BCUT2D eigenvalue weighted by atomic mass is 9.85. The van der Waals surface area contributed by atoms with E-state index in [-0.39, 0.29) is 23.3 Å². The maximum absolute atomic E-state index is 13.6. The number of hydrogen-bond acceptors (Lipinski definition) is 5. The number of nitrogens with zero attached hydrogens (tertiary/aromatic N) is 3. The number of amides is 2. The quantitative estimate of drug-likeness (QED) is 0.401. The first-order valence-electron chi connectivity index (χ1n) is 14.1. The van der Waals surface area contributed by atoms with Gasteiger partial charge in [0.05, 0.1) is 17.4 Å². The van der Waals surface area contributed by atoms with Crippen molar-refractivity contribution in [3.8, 4) is 0 Å². The average Bonchev–Trinajstić information content (AvgIpc) is 2.91. The Morgan fingerprint density at radius 2 is 1.63 bits per heavy atom. The van der Waals surface area contributed by atoms with Gasteiger partial charge in [-0.3, -0.25) is 9.69 Å². The van der Waals surface area contributed by atoms with Crippen LogP contribution in [-0.2, 0) is 21.1 Å². The van der Waals surface area contributed by atoms with Crippen LogP contribution in [-0.4, -0.2) is 90.7 Å². The van der Waals surface area contributed by atoms with Crippen molar-refractivity contribution in [1.29, 1.82) is 0 Å². The summed E-state index contributed by atoms with van der Waals surface area (Å²) in [6.45, 7) is 4.62. The smallest absolute Gasteiger partial charge is 0.408 e. The molecular weight excluding hydrogens is 552 g/mol. The van der Waals surface area contributed by atoms with Crippen molar-refractivity contribution >= 4 is 21.8 Å². The second-order valence-electron chi connectivity index (χ2n) is 11.2. The summed E-state index contributed by atoms with van der Waals surface area (Å²) in [5.41, 5.74) is 1.56. The molecule has 2 fully saturated rings. The van der Waals surface area contributed by atoms with Gasteiger partial charge < -0.3 is 14.9 Å². The Morgan fingerprint density at radius 1 is 1.02 bits per heavy atom. The number of likely N-dealkylation sites (tertiary alicyclic amines) is 1. The fourth-order valence-corrected chi connectivity index (χ4v) is 6.67. The van der Waals surface area contributed by atoms with Gasteiger partial charge in [-0.15, -0.1) is 0 Å². The Balaban J connectivity index is 1.34. The Morgan fingerprint density at radius 3 is 2.15 bits per heavy atom. The average molecular weight is 592 g/mol. The zero-order valence-corrected chi connectivity index (χ0v) is 24.4. The van der Waals surface area contributed by atoms with Crippen LogP contribution < -0.4 is 0 Å². The molecule has 1 saturated carbocycles. The molecule has 2 amide bonds. The normalized spacial score (nSPS) is 18.8. The number of carboxylic acid groups (broad SMARTS) is 1. The summed E-state index contributed by atoms with van der Waals surface area (Å²) in [6, 6.07) is 14.5. The summed E-state index contributed by atoms with van der Waals surface area (Å²) in [5, 5.41) is 9.98. The highest BCUT2D eigenvalue weighted by molar-refractivity contribution is 7.90. The van der Waals surface area contributed by atoms with Crippen LogP contribution in [0.5, 0.6) is 0 Å². The SMILES string of the molecule is CCN(C(=O)Cc1ccc(S(C)(=O)=O)cc1)C1CCN(CC[C@@H](c2ccccc2)N(C(=O)O)C2CC(F)(F)C2)CC1. The van der Waals surface area contributed by atoms with Gasteiger partial charge in [-0.25, -0.2) is 22.0 Å². The number of carbonyl (C=O) groups is 2. The van der Waals surface area contributed by atoms with Crippen LogP contribution >= 0.6 is 0 Å². The van der Waals surface area contributed by atoms with E-state index in [1.54, 1.807) is 12.1 Å². The van der Waals surface area contributed by atoms with Crippen molar-refractivity contribution in [1.82, 2.24) is 14.7 Å². The summed E-state index contributed by atoms with van der Waals surface area (Å²) in [5.74, 6) is -2.82. The molecule has 224 valence electrons. The fraction of sp³-hybridized carbons (Fsp3) is 0.533. The standard InChI is InChI=1S/C30H39F2N3O5S/c1-3-34(28(36)19-22-9-11-26(12-10-22)41(2,39)40)24-13-16-33(17-14-24)18-15-27(23-7-5-4-6-8-23)35(29(37)38)25-20-30(31,32)21-25/h4-12,24-25,27H,3,13-21H2,1-2H3,(H,37,38)/t27-/m0/s1. The van der Waals surface area contributed by atoms with Crippen molar-refractivity contribution in [2.75, 3.05) is 32.4 Å². The molecule has 1 atom stereocenters. The van der Waals surface area contributed by atoms with E-state index < -0.39 is 46.8 Å². The molecule has 0 unspecified atom stereocenters. The van der Waals surface area contributed by atoms with Crippen molar-refractivity contribution in [2.24, 2.45) is 0 Å². The molecule has 41 heavy (non-hydrogen) atoms. The highest BCUT2D eigenvalue weighted by Crippen LogP contribution is 2.44. The van der Waals surface area contributed by atoms with E-state index >= 15 is 0 Å². The number of carbonyl (C=O) groups excluding carboxylic acids is 1. The maximum Gasteiger partial charge on any atom is 0.408 e. The Kier molecular flexibility index (Phi) is 9.69. The number of likely N-dealkylation sites (N-methyl/N-ethyl adjacent to an activating group) is 1. The number of alkyl halides is 2. The van der Waals surface area contributed by atoms with Crippen molar-refractivity contribution in [3.05, 3.63) is 65.7 Å². The van der Waals surface area contributed by atoms with Crippen LogP contribution in [0.25, 0.3) is 0 Å². The molecular formula is C30H39F2N3O5S. The van der Waals surface area contributed by atoms with Gasteiger partial charge in [0.15, 0.2) is 9.84 Å². The van der Waals surface area contributed by atoms with E-state index in [0.717, 1.165) is 43.3 Å². The van der Waals surface area contributed by atoms with Gasteiger partial charge >= 0.3 is 6.09 Å². The molecule has 1 heterocycles. The predicted molar refractivity (Wildman–Crippen MR) is 152 cm³/mol. The van der Waals surface area contributed by atoms with E-state index in [4.69, 9.17) is 0 Å². The summed E-state index contributed by atoms with van der Waals surface area (Å²) in [6.07, 6.45) is 1.32. The van der Waals surface area contributed by atoms with Gasteiger partial charge in [0, 0.05) is 57.4 Å². The summed E-state index contributed by atoms with van der Waals surface area (Å²) < 4.78 is 50.7. The van der Waals surface area contributed by atoms with Crippen LogP contribution in [0.4, 0.5) is 13.6 Å². The van der Waals surface area contributed by atoms with Crippen LogP contribution in [0.1, 0.15) is 56.2 Å². The van der Waals surface area contributed by atoms with Crippen LogP contribution in [0.2, 0.25) is 0 Å². The minimum Gasteiger partial charge on any atom is -0.465 e. The lowest BCUT2D eigenvalue weighted by Crippen LogP contribution is -2.54. The maximum atomic E-state index is 13.6. The van der Waals surface area contributed by atoms with E-state index in [2.05, 4.69) is 4.90 Å². The molecule has 1 N–H and O–H groups in total. The van der Waals surface area contributed by atoms with Crippen LogP contribution in [0.3, 0.4) is 0 Å². The third-order valence-corrected chi connectivity index (χ3v) is 9.42. The molecule has 1 aliphatic carbocycles. The summed E-state index contributed by atoms with van der Waals surface area (Å²) >= 11 is 0. The van der Waals surface area contributed by atoms with Gasteiger partial charge in [0.25, 0.3) is 5.92 Å². The first-order valence-corrected chi connectivity index (χ1v) is 16.0. The second kappa shape index (κ2) is 12.9. The van der Waals surface area contributed by atoms with Gasteiger partial charge in [0.2, 0.25) is 5.91 Å². The van der Waals surface area contributed by atoms with E-state index in [1.807, 2.05) is 42.2 Å². The number of halogens is 2. The molecule has 0 radical (unpaired) electrons. The van der Waals surface area contributed by atoms with Crippen molar-refractivity contribution < 1.29 is 31.9 Å². The summed E-state index contributed by atoms with van der Waals surface area (Å²) in [4.78, 5) is 30.9. The van der Waals surface area contributed by atoms with Crippen LogP contribution in [0, 0.1) is 0 Å².